The van der Waals surface area contributed by atoms with Gasteiger partial charge in [-0.3, -0.25) is 9.59 Å². The molecule has 0 bridgehead atoms. The van der Waals surface area contributed by atoms with Crippen molar-refractivity contribution in [3.8, 4) is 11.5 Å². The fourth-order valence-electron chi connectivity index (χ4n) is 3.11. The van der Waals surface area contributed by atoms with Crippen LogP contribution >= 0.6 is 22.9 Å². The third kappa shape index (κ3) is 5.48. The highest BCUT2D eigenvalue weighted by Gasteiger charge is 2.20. The highest BCUT2D eigenvalue weighted by molar-refractivity contribution is 7.21. The van der Waals surface area contributed by atoms with E-state index in [1.807, 2.05) is 24.3 Å². The van der Waals surface area contributed by atoms with Gasteiger partial charge in [-0.2, -0.15) is 5.10 Å². The summed E-state index contributed by atoms with van der Waals surface area (Å²) in [5.74, 6) is -1.91. The van der Waals surface area contributed by atoms with Crippen LogP contribution in [0.25, 0.3) is 10.1 Å². The molecule has 0 aliphatic rings. The number of anilines is 1. The number of hydrazone groups is 1. The minimum absolute atomic E-state index is 0.211. The first kappa shape index (κ1) is 23.9. The van der Waals surface area contributed by atoms with E-state index in [-0.39, 0.29) is 10.6 Å². The highest BCUT2D eigenvalue weighted by Crippen LogP contribution is 2.36. The van der Waals surface area contributed by atoms with Crippen LogP contribution in [0.4, 0.5) is 5.69 Å². The maximum atomic E-state index is 12.8. The summed E-state index contributed by atoms with van der Waals surface area (Å²) in [5, 5.41) is 7.36. The second kappa shape index (κ2) is 10.8. The second-order valence-corrected chi connectivity index (χ2v) is 8.45. The molecule has 0 spiro atoms. The number of para-hydroxylation sites is 3. The molecular formula is C25H18ClN3O5S. The van der Waals surface area contributed by atoms with E-state index in [1.165, 1.54) is 24.7 Å². The maximum Gasteiger partial charge on any atom is 0.355 e. The van der Waals surface area contributed by atoms with E-state index < -0.39 is 17.8 Å². The molecule has 0 unspecified atom stereocenters. The normalized spacial score (nSPS) is 10.8. The van der Waals surface area contributed by atoms with Gasteiger partial charge in [0.05, 0.1) is 24.0 Å². The number of carbonyl (C=O) groups is 3. The summed E-state index contributed by atoms with van der Waals surface area (Å²) < 4.78 is 11.6. The molecule has 0 aliphatic heterocycles. The van der Waals surface area contributed by atoms with Crippen molar-refractivity contribution in [2.75, 3.05) is 12.4 Å². The lowest BCUT2D eigenvalue weighted by Crippen LogP contribution is -2.32. The molecule has 176 valence electrons. The van der Waals surface area contributed by atoms with Gasteiger partial charge in [-0.1, -0.05) is 54.1 Å². The quantitative estimate of drug-likeness (QED) is 0.127. The van der Waals surface area contributed by atoms with E-state index in [1.54, 1.807) is 48.5 Å². The number of fused-ring (bicyclic) bond motifs is 1. The van der Waals surface area contributed by atoms with E-state index in [0.29, 0.717) is 22.0 Å². The van der Waals surface area contributed by atoms with Crippen LogP contribution in [-0.4, -0.2) is 31.1 Å². The first-order valence-corrected chi connectivity index (χ1v) is 11.4. The van der Waals surface area contributed by atoms with Crippen LogP contribution in [0.3, 0.4) is 0 Å². The standard InChI is InChI=1S/C25H18ClN3O5S/c1-33-19-12-6-4-10-17(19)28-23(30)24(31)29-27-14-15-8-2-5-11-18(15)34-25(32)22-21(26)16-9-3-7-13-20(16)35-22/h2-14H,1H3,(H,28,30)(H,29,31)/b27-14-. The molecule has 0 saturated carbocycles. The molecule has 2 N–H and O–H groups in total. The molecule has 3 aromatic carbocycles. The number of hydrogen-bond acceptors (Lipinski definition) is 7. The first-order chi connectivity index (χ1) is 17.0. The molecule has 0 saturated heterocycles. The van der Waals surface area contributed by atoms with E-state index in [2.05, 4.69) is 15.8 Å². The van der Waals surface area contributed by atoms with Crippen molar-refractivity contribution in [1.82, 2.24) is 5.43 Å². The number of esters is 1. The van der Waals surface area contributed by atoms with Gasteiger partial charge in [-0.15, -0.1) is 11.3 Å². The van der Waals surface area contributed by atoms with Gasteiger partial charge < -0.3 is 14.8 Å². The number of hydrogen-bond donors (Lipinski definition) is 2. The van der Waals surface area contributed by atoms with E-state index in [0.717, 1.165) is 10.1 Å². The molecule has 0 aliphatic carbocycles. The van der Waals surface area contributed by atoms with Crippen LogP contribution in [-0.2, 0) is 9.59 Å². The Morgan fingerprint density at radius 1 is 0.914 bits per heavy atom. The Hall–Kier alpha value is -4.21. The molecule has 0 atom stereocenters. The van der Waals surface area contributed by atoms with Gasteiger partial charge in [0, 0.05) is 15.6 Å². The van der Waals surface area contributed by atoms with Gasteiger partial charge in [0.2, 0.25) is 0 Å². The molecule has 35 heavy (non-hydrogen) atoms. The maximum absolute atomic E-state index is 12.8. The topological polar surface area (TPSA) is 106 Å². The first-order valence-electron chi connectivity index (χ1n) is 10.2. The zero-order valence-electron chi connectivity index (χ0n) is 18.3. The number of rotatable bonds is 6. The third-order valence-corrected chi connectivity index (χ3v) is 6.43. The molecule has 8 nitrogen and oxygen atoms in total. The minimum atomic E-state index is -0.987. The monoisotopic (exact) mass is 507 g/mol. The van der Waals surface area contributed by atoms with Crippen molar-refractivity contribution in [3.05, 3.63) is 88.3 Å². The van der Waals surface area contributed by atoms with Gasteiger partial charge >= 0.3 is 17.8 Å². The van der Waals surface area contributed by atoms with Crippen molar-refractivity contribution < 1.29 is 23.9 Å². The average molecular weight is 508 g/mol. The summed E-state index contributed by atoms with van der Waals surface area (Å²) >= 11 is 7.61. The number of nitrogens with zero attached hydrogens (tertiary/aromatic N) is 1. The summed E-state index contributed by atoms with van der Waals surface area (Å²) in [6.07, 6.45) is 1.27. The Morgan fingerprint density at radius 3 is 2.37 bits per heavy atom. The fraction of sp³-hybridized carbons (Fsp3) is 0.0400. The Labute approximate surface area is 209 Å². The summed E-state index contributed by atoms with van der Waals surface area (Å²) in [7, 11) is 1.45. The van der Waals surface area contributed by atoms with Crippen LogP contribution in [0, 0.1) is 0 Å². The number of ether oxygens (including phenoxy) is 2. The molecule has 4 aromatic rings. The van der Waals surface area contributed by atoms with E-state index in [9.17, 15) is 14.4 Å². The highest BCUT2D eigenvalue weighted by atomic mass is 35.5. The predicted molar refractivity (Wildman–Crippen MR) is 136 cm³/mol. The Kier molecular flexibility index (Phi) is 7.39. The number of thiophene rings is 1. The number of amides is 2. The summed E-state index contributed by atoms with van der Waals surface area (Å²) in [6.45, 7) is 0. The van der Waals surface area contributed by atoms with Gasteiger partial charge in [-0.25, -0.2) is 10.2 Å². The molecule has 1 aromatic heterocycles. The second-order valence-electron chi connectivity index (χ2n) is 7.02. The molecule has 0 fully saturated rings. The zero-order valence-corrected chi connectivity index (χ0v) is 19.9. The van der Waals surface area contributed by atoms with Crippen LogP contribution < -0.4 is 20.2 Å². The van der Waals surface area contributed by atoms with Gasteiger partial charge in [0.1, 0.15) is 16.4 Å². The van der Waals surface area contributed by atoms with Crippen molar-refractivity contribution in [2.24, 2.45) is 5.10 Å². The Balaban J connectivity index is 1.43. The molecule has 2 amide bonds. The van der Waals surface area contributed by atoms with Gasteiger partial charge in [0.15, 0.2) is 0 Å². The van der Waals surface area contributed by atoms with Gasteiger partial charge in [-0.05, 0) is 30.3 Å². The largest absolute Gasteiger partial charge is 0.495 e. The molecule has 1 heterocycles. The summed E-state index contributed by atoms with van der Waals surface area (Å²) in [5.41, 5.74) is 2.90. The lowest BCUT2D eigenvalue weighted by Gasteiger charge is -2.09. The van der Waals surface area contributed by atoms with Crippen LogP contribution in [0.2, 0.25) is 5.02 Å². The SMILES string of the molecule is COc1ccccc1NC(=O)C(=O)N/N=C\c1ccccc1OC(=O)c1sc2ccccc2c1Cl. The van der Waals surface area contributed by atoms with E-state index in [4.69, 9.17) is 21.1 Å². The van der Waals surface area contributed by atoms with Crippen molar-refractivity contribution >= 4 is 62.7 Å². The Morgan fingerprint density at radius 2 is 1.60 bits per heavy atom. The Bertz CT molecular complexity index is 1450. The number of methoxy groups -OCH3 is 1. The molecular weight excluding hydrogens is 490 g/mol. The van der Waals surface area contributed by atoms with Crippen LogP contribution in [0.15, 0.2) is 77.9 Å². The zero-order chi connectivity index (χ0) is 24.8. The van der Waals surface area contributed by atoms with Crippen LogP contribution in [0.1, 0.15) is 15.2 Å². The number of nitrogens with one attached hydrogen (secondary N) is 2. The van der Waals surface area contributed by atoms with Gasteiger partial charge in [0.25, 0.3) is 0 Å². The smallest absolute Gasteiger partial charge is 0.355 e. The fourth-order valence-corrected chi connectivity index (χ4v) is 4.49. The third-order valence-electron chi connectivity index (χ3n) is 4.77. The summed E-state index contributed by atoms with van der Waals surface area (Å²) in [4.78, 5) is 37.4. The van der Waals surface area contributed by atoms with Crippen molar-refractivity contribution in [1.29, 1.82) is 0 Å². The number of halogens is 1. The van der Waals surface area contributed by atoms with Crippen LogP contribution in [0.5, 0.6) is 11.5 Å². The number of carbonyl (C=O) groups excluding carboxylic acids is 3. The molecule has 0 radical (unpaired) electrons. The minimum Gasteiger partial charge on any atom is -0.495 e. The lowest BCUT2D eigenvalue weighted by molar-refractivity contribution is -0.136. The average Bonchev–Trinajstić information content (AvgIpc) is 3.22. The molecule has 10 heteroatoms. The number of benzene rings is 3. The lowest BCUT2D eigenvalue weighted by atomic mass is 10.2. The van der Waals surface area contributed by atoms with E-state index >= 15 is 0 Å². The predicted octanol–water partition coefficient (Wildman–Crippen LogP) is 4.87. The summed E-state index contributed by atoms with van der Waals surface area (Å²) in [6, 6.07) is 20.7. The van der Waals surface area contributed by atoms with Crippen molar-refractivity contribution in [2.45, 2.75) is 0 Å². The molecule has 4 rings (SSSR count). The van der Waals surface area contributed by atoms with Crippen molar-refractivity contribution in [3.63, 3.8) is 0 Å².